The van der Waals surface area contributed by atoms with E-state index in [1.54, 1.807) is 42.5 Å². The Kier molecular flexibility index (Phi) is 9.12. The zero-order valence-electron chi connectivity index (χ0n) is 20.5. The summed E-state index contributed by atoms with van der Waals surface area (Å²) in [6.07, 6.45) is 0.356. The molecule has 2 amide bonds. The average Bonchev–Trinajstić information content (AvgIpc) is 2.87. The monoisotopic (exact) mass is 527 g/mol. The SMILES string of the molecule is CC[C@@H](C(=O)NC)N(Cc1cccc(C)c1)C(=O)CN(c1ccccc1Cl)S(=O)(=O)c1ccccc1. The molecule has 0 aromatic heterocycles. The number of amides is 2. The molecule has 0 heterocycles. The molecular formula is C27H30ClN3O4S. The van der Waals surface area contributed by atoms with Crippen LogP contribution >= 0.6 is 11.6 Å². The first-order valence-corrected chi connectivity index (χ1v) is 13.4. The molecule has 3 aromatic carbocycles. The van der Waals surface area contributed by atoms with E-state index in [-0.39, 0.29) is 28.1 Å². The lowest BCUT2D eigenvalue weighted by molar-refractivity contribution is -0.140. The van der Waals surface area contributed by atoms with Gasteiger partial charge in [-0.2, -0.15) is 0 Å². The van der Waals surface area contributed by atoms with Gasteiger partial charge in [-0.3, -0.25) is 13.9 Å². The first-order valence-electron chi connectivity index (χ1n) is 11.6. The molecule has 190 valence electrons. The second-order valence-corrected chi connectivity index (χ2v) is 10.6. The third kappa shape index (κ3) is 6.25. The minimum atomic E-state index is -4.14. The summed E-state index contributed by atoms with van der Waals surface area (Å²) in [5.41, 5.74) is 2.03. The van der Waals surface area contributed by atoms with Crippen LogP contribution in [0.2, 0.25) is 5.02 Å². The number of carbonyl (C=O) groups excluding carboxylic acids is 2. The number of halogens is 1. The maximum atomic E-state index is 13.8. The van der Waals surface area contributed by atoms with E-state index in [0.29, 0.717) is 6.42 Å². The maximum Gasteiger partial charge on any atom is 0.264 e. The van der Waals surface area contributed by atoms with Gasteiger partial charge in [-0.15, -0.1) is 0 Å². The summed E-state index contributed by atoms with van der Waals surface area (Å²) in [4.78, 5) is 28.0. The van der Waals surface area contributed by atoms with E-state index in [1.807, 2.05) is 38.1 Å². The van der Waals surface area contributed by atoms with Gasteiger partial charge in [0.1, 0.15) is 12.6 Å². The summed E-state index contributed by atoms with van der Waals surface area (Å²) in [5.74, 6) is -0.847. The maximum absolute atomic E-state index is 13.8. The third-order valence-corrected chi connectivity index (χ3v) is 7.89. The Morgan fingerprint density at radius 2 is 1.64 bits per heavy atom. The van der Waals surface area contributed by atoms with Crippen LogP contribution in [0.4, 0.5) is 5.69 Å². The minimum absolute atomic E-state index is 0.0290. The number of benzene rings is 3. The third-order valence-electron chi connectivity index (χ3n) is 5.80. The molecule has 36 heavy (non-hydrogen) atoms. The molecule has 0 bridgehead atoms. The second-order valence-electron chi connectivity index (χ2n) is 8.33. The molecule has 0 saturated carbocycles. The van der Waals surface area contributed by atoms with Crippen molar-refractivity contribution in [1.29, 1.82) is 0 Å². The standard InChI is InChI=1S/C27H30ClN3O4S/c1-4-24(27(33)29-3)30(18-21-12-10-11-20(2)17-21)26(32)19-31(25-16-9-8-15-23(25)28)36(34,35)22-13-6-5-7-14-22/h5-17,24H,4,18-19H2,1-3H3,(H,29,33)/t24-/m0/s1. The molecule has 0 aliphatic rings. The van der Waals surface area contributed by atoms with Crippen molar-refractivity contribution in [1.82, 2.24) is 10.2 Å². The van der Waals surface area contributed by atoms with Crippen LogP contribution in [0, 0.1) is 6.92 Å². The van der Waals surface area contributed by atoms with E-state index in [9.17, 15) is 18.0 Å². The van der Waals surface area contributed by atoms with Gasteiger partial charge in [-0.05, 0) is 43.2 Å². The predicted octanol–water partition coefficient (Wildman–Crippen LogP) is 4.40. The summed E-state index contributed by atoms with van der Waals surface area (Å²) < 4.78 is 28.4. The van der Waals surface area contributed by atoms with E-state index >= 15 is 0 Å². The molecule has 1 atom stereocenters. The molecule has 3 rings (SSSR count). The number of para-hydroxylation sites is 1. The van der Waals surface area contributed by atoms with Crippen LogP contribution in [0.1, 0.15) is 24.5 Å². The Bertz CT molecular complexity index is 1320. The van der Waals surface area contributed by atoms with Gasteiger partial charge < -0.3 is 10.2 Å². The molecule has 9 heteroatoms. The Hall–Kier alpha value is -3.36. The number of sulfonamides is 1. The summed E-state index contributed by atoms with van der Waals surface area (Å²) >= 11 is 6.39. The molecule has 3 aromatic rings. The molecule has 0 saturated heterocycles. The van der Waals surface area contributed by atoms with Gasteiger partial charge in [0.25, 0.3) is 10.0 Å². The zero-order valence-corrected chi connectivity index (χ0v) is 22.1. The van der Waals surface area contributed by atoms with E-state index in [4.69, 9.17) is 11.6 Å². The number of nitrogens with one attached hydrogen (secondary N) is 1. The smallest absolute Gasteiger partial charge is 0.264 e. The number of carbonyl (C=O) groups is 2. The molecule has 0 radical (unpaired) electrons. The lowest BCUT2D eigenvalue weighted by Gasteiger charge is -2.33. The highest BCUT2D eigenvalue weighted by atomic mass is 35.5. The number of rotatable bonds is 10. The summed E-state index contributed by atoms with van der Waals surface area (Å²) in [6, 6.07) is 21.2. The topological polar surface area (TPSA) is 86.8 Å². The van der Waals surface area contributed by atoms with Crippen molar-refractivity contribution in [3.63, 3.8) is 0 Å². The number of hydrogen-bond acceptors (Lipinski definition) is 4. The highest BCUT2D eigenvalue weighted by Crippen LogP contribution is 2.30. The van der Waals surface area contributed by atoms with Crippen molar-refractivity contribution in [2.24, 2.45) is 0 Å². The van der Waals surface area contributed by atoms with Crippen molar-refractivity contribution in [3.05, 3.63) is 95.0 Å². The van der Waals surface area contributed by atoms with Crippen LogP contribution in [0.15, 0.2) is 83.8 Å². The van der Waals surface area contributed by atoms with Gasteiger partial charge in [0.15, 0.2) is 0 Å². The predicted molar refractivity (Wildman–Crippen MR) is 142 cm³/mol. The largest absolute Gasteiger partial charge is 0.357 e. The molecule has 7 nitrogen and oxygen atoms in total. The summed E-state index contributed by atoms with van der Waals surface area (Å²) in [5, 5.41) is 2.80. The van der Waals surface area contributed by atoms with Crippen LogP contribution in [-0.4, -0.2) is 44.8 Å². The lowest BCUT2D eigenvalue weighted by atomic mass is 10.1. The number of likely N-dealkylation sites (N-methyl/N-ethyl adjacent to an activating group) is 1. The molecule has 1 N–H and O–H groups in total. The quantitative estimate of drug-likeness (QED) is 0.423. The van der Waals surface area contributed by atoms with Crippen LogP contribution in [0.25, 0.3) is 0 Å². The fourth-order valence-electron chi connectivity index (χ4n) is 3.98. The fourth-order valence-corrected chi connectivity index (χ4v) is 5.72. The minimum Gasteiger partial charge on any atom is -0.357 e. The van der Waals surface area contributed by atoms with E-state index < -0.39 is 28.5 Å². The number of aryl methyl sites for hydroxylation is 1. The molecular weight excluding hydrogens is 498 g/mol. The van der Waals surface area contributed by atoms with Crippen molar-refractivity contribution in [2.45, 2.75) is 37.8 Å². The molecule has 0 spiro atoms. The van der Waals surface area contributed by atoms with Crippen molar-refractivity contribution in [2.75, 3.05) is 17.9 Å². The van der Waals surface area contributed by atoms with E-state index in [1.165, 1.54) is 24.1 Å². The van der Waals surface area contributed by atoms with Crippen molar-refractivity contribution in [3.8, 4) is 0 Å². The summed E-state index contributed by atoms with van der Waals surface area (Å²) in [6.45, 7) is 3.37. The summed E-state index contributed by atoms with van der Waals surface area (Å²) in [7, 11) is -2.63. The van der Waals surface area contributed by atoms with E-state index in [0.717, 1.165) is 15.4 Å². The van der Waals surface area contributed by atoms with Crippen LogP contribution in [0.3, 0.4) is 0 Å². The number of anilines is 1. The first-order chi connectivity index (χ1) is 17.2. The van der Waals surface area contributed by atoms with Crippen LogP contribution in [-0.2, 0) is 26.2 Å². The Morgan fingerprint density at radius 3 is 2.25 bits per heavy atom. The average molecular weight is 528 g/mol. The Morgan fingerprint density at radius 1 is 0.972 bits per heavy atom. The fraction of sp³-hybridized carbons (Fsp3) is 0.259. The number of hydrogen-bond donors (Lipinski definition) is 1. The van der Waals surface area contributed by atoms with Crippen LogP contribution in [0.5, 0.6) is 0 Å². The second kappa shape index (κ2) is 12.1. The number of nitrogens with zero attached hydrogens (tertiary/aromatic N) is 2. The van der Waals surface area contributed by atoms with Gasteiger partial charge in [-0.1, -0.05) is 78.7 Å². The molecule has 0 aliphatic heterocycles. The van der Waals surface area contributed by atoms with Gasteiger partial charge >= 0.3 is 0 Å². The molecule has 0 fully saturated rings. The first kappa shape index (κ1) is 27.2. The van der Waals surface area contributed by atoms with Crippen molar-refractivity contribution < 1.29 is 18.0 Å². The van der Waals surface area contributed by atoms with Crippen LogP contribution < -0.4 is 9.62 Å². The Labute approximate surface area is 217 Å². The van der Waals surface area contributed by atoms with Crippen molar-refractivity contribution >= 4 is 39.1 Å². The van der Waals surface area contributed by atoms with Gasteiger partial charge in [0.2, 0.25) is 11.8 Å². The van der Waals surface area contributed by atoms with Gasteiger partial charge in [0, 0.05) is 13.6 Å². The highest BCUT2D eigenvalue weighted by molar-refractivity contribution is 7.92. The normalized spacial score (nSPS) is 12.0. The molecule has 0 unspecified atom stereocenters. The lowest BCUT2D eigenvalue weighted by Crippen LogP contribution is -2.51. The Balaban J connectivity index is 2.06. The van der Waals surface area contributed by atoms with Gasteiger partial charge in [0.05, 0.1) is 15.6 Å². The van der Waals surface area contributed by atoms with Gasteiger partial charge in [-0.25, -0.2) is 8.42 Å². The van der Waals surface area contributed by atoms with E-state index in [2.05, 4.69) is 5.32 Å². The zero-order chi connectivity index (χ0) is 26.3. The highest BCUT2D eigenvalue weighted by Gasteiger charge is 2.34. The molecule has 0 aliphatic carbocycles.